The standard InChI is InChI=1S/C19H25N3O/c1-12-20-15-6-5-13(7-16(15)21-12)17(23)22-11-19(4)9-14(22)8-18(2,3)10-19/h5-7,14H,8-11H2,1-4H3,(H,20,21). The molecule has 2 atom stereocenters. The molecule has 1 aliphatic carbocycles. The van der Waals surface area contributed by atoms with Crippen molar-refractivity contribution in [3.63, 3.8) is 0 Å². The quantitative estimate of drug-likeness (QED) is 0.868. The number of hydrogen-bond donors (Lipinski definition) is 1. The zero-order valence-electron chi connectivity index (χ0n) is 14.4. The van der Waals surface area contributed by atoms with Crippen LogP contribution in [0.15, 0.2) is 18.2 Å². The molecule has 2 heterocycles. The fourth-order valence-corrected chi connectivity index (χ4v) is 5.13. The highest BCUT2D eigenvalue weighted by Gasteiger charge is 2.51. The lowest BCUT2D eigenvalue weighted by molar-refractivity contribution is 0.0708. The van der Waals surface area contributed by atoms with Crippen LogP contribution in [0.5, 0.6) is 0 Å². The summed E-state index contributed by atoms with van der Waals surface area (Å²) in [5, 5.41) is 0. The fourth-order valence-electron chi connectivity index (χ4n) is 5.13. The molecular formula is C19H25N3O. The highest BCUT2D eigenvalue weighted by molar-refractivity contribution is 5.97. The SMILES string of the molecule is Cc1nc2ccc(C(=O)N3CC4(C)CC3CC(C)(C)C4)cc2[nH]1. The molecule has 1 aromatic heterocycles. The predicted molar refractivity (Wildman–Crippen MR) is 91.4 cm³/mol. The fraction of sp³-hybridized carbons (Fsp3) is 0.579. The molecule has 4 heteroatoms. The van der Waals surface area contributed by atoms with E-state index in [1.54, 1.807) is 0 Å². The molecule has 1 aliphatic heterocycles. The second-order valence-electron chi connectivity index (χ2n) is 8.70. The molecule has 0 radical (unpaired) electrons. The first-order valence-corrected chi connectivity index (χ1v) is 8.52. The molecule has 122 valence electrons. The van der Waals surface area contributed by atoms with Crippen LogP contribution in [-0.2, 0) is 0 Å². The van der Waals surface area contributed by atoms with Crippen molar-refractivity contribution >= 4 is 16.9 Å². The van der Waals surface area contributed by atoms with Crippen molar-refractivity contribution < 1.29 is 4.79 Å². The van der Waals surface area contributed by atoms with Gasteiger partial charge in [0.1, 0.15) is 5.82 Å². The van der Waals surface area contributed by atoms with Crippen LogP contribution in [-0.4, -0.2) is 33.4 Å². The number of aryl methyl sites for hydroxylation is 1. The lowest BCUT2D eigenvalue weighted by Crippen LogP contribution is -2.37. The Labute approximate surface area is 137 Å². The van der Waals surface area contributed by atoms with E-state index in [4.69, 9.17) is 0 Å². The van der Waals surface area contributed by atoms with Crippen LogP contribution in [0, 0.1) is 17.8 Å². The Morgan fingerprint density at radius 3 is 2.87 bits per heavy atom. The number of amides is 1. The van der Waals surface area contributed by atoms with Gasteiger partial charge in [-0.15, -0.1) is 0 Å². The third-order valence-corrected chi connectivity index (χ3v) is 5.52. The summed E-state index contributed by atoms with van der Waals surface area (Å²) < 4.78 is 0. The Hall–Kier alpha value is -1.84. The van der Waals surface area contributed by atoms with Gasteiger partial charge in [0.05, 0.1) is 11.0 Å². The number of aromatic nitrogens is 2. The number of carbonyl (C=O) groups excluding carboxylic acids is 1. The molecule has 23 heavy (non-hydrogen) atoms. The number of benzene rings is 1. The summed E-state index contributed by atoms with van der Waals surface area (Å²) in [5.74, 6) is 1.06. The molecule has 1 N–H and O–H groups in total. The number of nitrogens with zero attached hydrogens (tertiary/aromatic N) is 2. The maximum absolute atomic E-state index is 13.1. The van der Waals surface area contributed by atoms with Gasteiger partial charge in [-0.2, -0.15) is 0 Å². The van der Waals surface area contributed by atoms with E-state index in [0.717, 1.165) is 41.8 Å². The molecule has 2 fully saturated rings. The summed E-state index contributed by atoms with van der Waals surface area (Å²) in [4.78, 5) is 22.9. The van der Waals surface area contributed by atoms with Crippen molar-refractivity contribution in [1.29, 1.82) is 0 Å². The smallest absolute Gasteiger partial charge is 0.254 e. The summed E-state index contributed by atoms with van der Waals surface area (Å²) in [6, 6.07) is 6.20. The Morgan fingerprint density at radius 1 is 1.30 bits per heavy atom. The highest BCUT2D eigenvalue weighted by Crippen LogP contribution is 2.52. The van der Waals surface area contributed by atoms with Crippen LogP contribution in [0.3, 0.4) is 0 Å². The lowest BCUT2D eigenvalue weighted by atomic mass is 9.65. The van der Waals surface area contributed by atoms with E-state index in [0.29, 0.717) is 11.5 Å². The molecule has 1 saturated carbocycles. The van der Waals surface area contributed by atoms with Crippen molar-refractivity contribution in [3.05, 3.63) is 29.6 Å². The second kappa shape index (κ2) is 4.59. The van der Waals surface area contributed by atoms with E-state index in [1.165, 1.54) is 6.42 Å². The van der Waals surface area contributed by atoms with Crippen LogP contribution in [0.1, 0.15) is 56.2 Å². The first-order valence-electron chi connectivity index (χ1n) is 8.52. The predicted octanol–water partition coefficient (Wildman–Crippen LogP) is 3.91. The van der Waals surface area contributed by atoms with Gasteiger partial charge < -0.3 is 9.88 Å². The summed E-state index contributed by atoms with van der Waals surface area (Å²) in [6.45, 7) is 9.85. The number of fused-ring (bicyclic) bond motifs is 3. The number of H-pyrrole nitrogens is 1. The van der Waals surface area contributed by atoms with Crippen LogP contribution in [0.25, 0.3) is 11.0 Å². The summed E-state index contributed by atoms with van der Waals surface area (Å²) in [5.41, 5.74) is 3.25. The second-order valence-corrected chi connectivity index (χ2v) is 8.70. The van der Waals surface area contributed by atoms with Gasteiger partial charge in [0.2, 0.25) is 0 Å². The molecule has 2 bridgehead atoms. The summed E-state index contributed by atoms with van der Waals surface area (Å²) >= 11 is 0. The molecule has 2 unspecified atom stereocenters. The first-order chi connectivity index (χ1) is 10.7. The number of imidazole rings is 1. The average Bonchev–Trinajstić information content (AvgIpc) is 2.92. The molecule has 4 rings (SSSR count). The molecular weight excluding hydrogens is 286 g/mol. The molecule has 4 nitrogen and oxygen atoms in total. The molecule has 2 aromatic rings. The number of hydrogen-bond acceptors (Lipinski definition) is 2. The Balaban J connectivity index is 1.66. The third-order valence-electron chi connectivity index (χ3n) is 5.52. The van der Waals surface area contributed by atoms with Gasteiger partial charge in [-0.25, -0.2) is 4.98 Å². The van der Waals surface area contributed by atoms with Gasteiger partial charge in [-0.1, -0.05) is 20.8 Å². The van der Waals surface area contributed by atoms with Crippen molar-refractivity contribution in [2.45, 2.75) is 53.0 Å². The summed E-state index contributed by atoms with van der Waals surface area (Å²) in [7, 11) is 0. The van der Waals surface area contributed by atoms with Crippen molar-refractivity contribution in [1.82, 2.24) is 14.9 Å². The molecule has 2 aliphatic rings. The van der Waals surface area contributed by atoms with E-state index >= 15 is 0 Å². The van der Waals surface area contributed by atoms with E-state index in [2.05, 4.69) is 35.6 Å². The Kier molecular flexibility index (Phi) is 2.94. The van der Waals surface area contributed by atoms with Crippen LogP contribution >= 0.6 is 0 Å². The van der Waals surface area contributed by atoms with Crippen LogP contribution in [0.4, 0.5) is 0 Å². The molecule has 1 amide bonds. The minimum absolute atomic E-state index is 0.172. The van der Waals surface area contributed by atoms with Crippen LogP contribution < -0.4 is 0 Å². The van der Waals surface area contributed by atoms with Crippen molar-refractivity contribution in [2.24, 2.45) is 10.8 Å². The normalized spacial score (nSPS) is 29.2. The van der Waals surface area contributed by atoms with E-state index in [9.17, 15) is 4.79 Å². The van der Waals surface area contributed by atoms with Crippen molar-refractivity contribution in [2.75, 3.05) is 6.54 Å². The monoisotopic (exact) mass is 311 g/mol. The number of nitrogens with one attached hydrogen (secondary N) is 1. The van der Waals surface area contributed by atoms with Gasteiger partial charge in [0.15, 0.2) is 0 Å². The maximum Gasteiger partial charge on any atom is 0.254 e. The zero-order chi connectivity index (χ0) is 16.4. The maximum atomic E-state index is 13.1. The number of aromatic amines is 1. The molecule has 0 spiro atoms. The number of rotatable bonds is 1. The largest absolute Gasteiger partial charge is 0.342 e. The van der Waals surface area contributed by atoms with Gasteiger partial charge in [-0.05, 0) is 55.2 Å². The van der Waals surface area contributed by atoms with Gasteiger partial charge in [0.25, 0.3) is 5.91 Å². The zero-order valence-corrected chi connectivity index (χ0v) is 14.4. The minimum atomic E-state index is 0.172. The lowest BCUT2D eigenvalue weighted by Gasteiger charge is -2.39. The summed E-state index contributed by atoms with van der Waals surface area (Å²) in [6.07, 6.45) is 3.46. The third kappa shape index (κ3) is 2.44. The van der Waals surface area contributed by atoms with Gasteiger partial charge >= 0.3 is 0 Å². The minimum Gasteiger partial charge on any atom is -0.342 e. The average molecular weight is 311 g/mol. The van der Waals surface area contributed by atoms with Crippen LogP contribution in [0.2, 0.25) is 0 Å². The van der Waals surface area contributed by atoms with E-state index in [-0.39, 0.29) is 11.3 Å². The molecule has 1 saturated heterocycles. The Morgan fingerprint density at radius 2 is 2.09 bits per heavy atom. The van der Waals surface area contributed by atoms with Gasteiger partial charge in [-0.3, -0.25) is 4.79 Å². The van der Waals surface area contributed by atoms with E-state index < -0.39 is 0 Å². The number of likely N-dealkylation sites (tertiary alicyclic amines) is 1. The first kappa shape index (κ1) is 14.7. The molecule has 1 aromatic carbocycles. The highest BCUT2D eigenvalue weighted by atomic mass is 16.2. The van der Waals surface area contributed by atoms with E-state index in [1.807, 2.05) is 25.1 Å². The van der Waals surface area contributed by atoms with Gasteiger partial charge in [0, 0.05) is 18.2 Å². The Bertz CT molecular complexity index is 791. The topological polar surface area (TPSA) is 49.0 Å². The number of carbonyl (C=O) groups is 1. The van der Waals surface area contributed by atoms with Crippen molar-refractivity contribution in [3.8, 4) is 0 Å².